The maximum atomic E-state index is 10.7. The summed E-state index contributed by atoms with van der Waals surface area (Å²) in [5.41, 5.74) is 0.709. The highest BCUT2D eigenvalue weighted by molar-refractivity contribution is 14.1. The van der Waals surface area contributed by atoms with Crippen LogP contribution in [0.1, 0.15) is 0 Å². The first-order valence-corrected chi connectivity index (χ1v) is 4.46. The number of rotatable bonds is 2. The predicted molar refractivity (Wildman–Crippen MR) is 54.9 cm³/mol. The lowest BCUT2D eigenvalue weighted by atomic mass is 10.3. The molecule has 1 aromatic carbocycles. The molecule has 4 heteroatoms. The number of halogens is 1. The highest BCUT2D eigenvalue weighted by Crippen LogP contribution is 2.11. The number of aliphatic hydroxyl groups is 1. The molecular weight excluding hydrogens is 269 g/mol. The van der Waals surface area contributed by atoms with Crippen LogP contribution in [-0.2, 0) is 4.79 Å². The normalized spacial score (nSPS) is 9.50. The largest absolute Gasteiger partial charge is 0.387 e. The van der Waals surface area contributed by atoms with Crippen LogP contribution in [0.4, 0.5) is 5.69 Å². The Morgan fingerprint density at radius 2 is 2.33 bits per heavy atom. The highest BCUT2D eigenvalue weighted by atomic mass is 127. The van der Waals surface area contributed by atoms with Gasteiger partial charge >= 0.3 is 0 Å². The molecule has 0 spiro atoms. The second-order valence-corrected chi connectivity index (χ2v) is 3.46. The molecule has 0 saturated carbocycles. The fourth-order valence-electron chi connectivity index (χ4n) is 0.767. The molecule has 12 heavy (non-hydrogen) atoms. The maximum Gasteiger partial charge on any atom is 0.250 e. The van der Waals surface area contributed by atoms with Gasteiger partial charge in [0, 0.05) is 9.26 Å². The van der Waals surface area contributed by atoms with Crippen molar-refractivity contribution in [3.05, 3.63) is 27.8 Å². The lowest BCUT2D eigenvalue weighted by molar-refractivity contribution is -0.118. The number of benzene rings is 1. The molecule has 0 fully saturated rings. The summed E-state index contributed by atoms with van der Waals surface area (Å²) in [6.07, 6.45) is 0. The Hall–Kier alpha value is -0.620. The fourth-order valence-corrected chi connectivity index (χ4v) is 1.31. The van der Waals surface area contributed by atoms with Crippen LogP contribution < -0.4 is 5.32 Å². The van der Waals surface area contributed by atoms with Crippen molar-refractivity contribution >= 4 is 34.2 Å². The number of carbonyl (C=O) groups excluding carboxylic acids is 1. The third kappa shape index (κ3) is 2.78. The Morgan fingerprint density at radius 1 is 1.58 bits per heavy atom. The number of nitrogens with one attached hydrogen (secondary N) is 1. The van der Waals surface area contributed by atoms with E-state index in [2.05, 4.69) is 27.9 Å². The standard InChI is InChI=1S/C8H8INO2/c9-6-2-1-3-7(4-6)10-8(12)5-11/h1-4,11H,5H2,(H,10,12). The van der Waals surface area contributed by atoms with E-state index in [0.29, 0.717) is 5.69 Å². The lowest BCUT2D eigenvalue weighted by Crippen LogP contribution is -2.15. The van der Waals surface area contributed by atoms with Crippen molar-refractivity contribution in [1.29, 1.82) is 0 Å². The Morgan fingerprint density at radius 3 is 2.92 bits per heavy atom. The van der Waals surface area contributed by atoms with E-state index in [1.807, 2.05) is 18.2 Å². The Labute approximate surface area is 83.9 Å². The van der Waals surface area contributed by atoms with Crippen LogP contribution in [-0.4, -0.2) is 17.6 Å². The van der Waals surface area contributed by atoms with Gasteiger partial charge in [-0.15, -0.1) is 0 Å². The van der Waals surface area contributed by atoms with Gasteiger partial charge in [-0.2, -0.15) is 0 Å². The molecule has 1 rings (SSSR count). The van der Waals surface area contributed by atoms with E-state index in [4.69, 9.17) is 5.11 Å². The van der Waals surface area contributed by atoms with Crippen LogP contribution >= 0.6 is 22.6 Å². The van der Waals surface area contributed by atoms with Gasteiger partial charge in [-0.05, 0) is 40.8 Å². The zero-order valence-corrected chi connectivity index (χ0v) is 8.41. The second kappa shape index (κ2) is 4.42. The zero-order chi connectivity index (χ0) is 8.97. The van der Waals surface area contributed by atoms with Crippen LogP contribution in [0, 0.1) is 3.57 Å². The molecule has 0 unspecified atom stereocenters. The maximum absolute atomic E-state index is 10.7. The van der Waals surface area contributed by atoms with Crippen molar-refractivity contribution in [3.63, 3.8) is 0 Å². The van der Waals surface area contributed by atoms with Gasteiger partial charge in [-0.1, -0.05) is 6.07 Å². The first-order chi connectivity index (χ1) is 5.72. The minimum Gasteiger partial charge on any atom is -0.387 e. The van der Waals surface area contributed by atoms with E-state index in [-0.39, 0.29) is 0 Å². The molecule has 0 radical (unpaired) electrons. The second-order valence-electron chi connectivity index (χ2n) is 2.22. The molecule has 2 N–H and O–H groups in total. The van der Waals surface area contributed by atoms with Crippen molar-refractivity contribution < 1.29 is 9.90 Å². The molecule has 1 amide bonds. The van der Waals surface area contributed by atoms with Crippen molar-refractivity contribution in [1.82, 2.24) is 0 Å². The van der Waals surface area contributed by atoms with Gasteiger partial charge in [-0.25, -0.2) is 0 Å². The molecule has 0 aliphatic heterocycles. The number of aliphatic hydroxyl groups excluding tert-OH is 1. The third-order valence-electron chi connectivity index (χ3n) is 1.25. The zero-order valence-electron chi connectivity index (χ0n) is 6.25. The summed E-state index contributed by atoms with van der Waals surface area (Å²) in [4.78, 5) is 10.7. The molecule has 0 heterocycles. The first-order valence-electron chi connectivity index (χ1n) is 3.38. The van der Waals surface area contributed by atoms with E-state index in [9.17, 15) is 4.79 Å². The minimum absolute atomic E-state index is 0.392. The summed E-state index contributed by atoms with van der Waals surface area (Å²) in [7, 11) is 0. The van der Waals surface area contributed by atoms with Crippen molar-refractivity contribution in [3.8, 4) is 0 Å². The summed E-state index contributed by atoms with van der Waals surface area (Å²) >= 11 is 2.15. The van der Waals surface area contributed by atoms with Gasteiger partial charge < -0.3 is 10.4 Å². The topological polar surface area (TPSA) is 49.3 Å². The Kier molecular flexibility index (Phi) is 3.48. The predicted octanol–water partition coefficient (Wildman–Crippen LogP) is 1.22. The number of anilines is 1. The van der Waals surface area contributed by atoms with Crippen molar-refractivity contribution in [2.24, 2.45) is 0 Å². The van der Waals surface area contributed by atoms with E-state index in [1.54, 1.807) is 6.07 Å². The van der Waals surface area contributed by atoms with E-state index in [0.717, 1.165) is 3.57 Å². The third-order valence-corrected chi connectivity index (χ3v) is 1.92. The molecule has 64 valence electrons. The fraction of sp³-hybridized carbons (Fsp3) is 0.125. The molecular formula is C8H8INO2. The molecule has 0 aliphatic carbocycles. The average Bonchev–Trinajstić information content (AvgIpc) is 2.04. The Bertz CT molecular complexity index is 288. The summed E-state index contributed by atoms with van der Waals surface area (Å²) in [6.45, 7) is -0.481. The van der Waals surface area contributed by atoms with E-state index >= 15 is 0 Å². The lowest BCUT2D eigenvalue weighted by Gasteiger charge is -2.02. The van der Waals surface area contributed by atoms with Crippen LogP contribution in [0.2, 0.25) is 0 Å². The van der Waals surface area contributed by atoms with E-state index in [1.165, 1.54) is 0 Å². The molecule has 0 aromatic heterocycles. The number of hydrogen-bond donors (Lipinski definition) is 2. The van der Waals surface area contributed by atoms with Crippen LogP contribution in [0.5, 0.6) is 0 Å². The van der Waals surface area contributed by atoms with Crippen molar-refractivity contribution in [2.45, 2.75) is 0 Å². The van der Waals surface area contributed by atoms with E-state index < -0.39 is 12.5 Å². The monoisotopic (exact) mass is 277 g/mol. The highest BCUT2D eigenvalue weighted by Gasteiger charge is 1.98. The number of hydrogen-bond acceptors (Lipinski definition) is 2. The molecule has 1 aromatic rings. The van der Waals surface area contributed by atoms with Crippen LogP contribution in [0.3, 0.4) is 0 Å². The molecule has 0 aliphatic rings. The molecule has 0 atom stereocenters. The average molecular weight is 277 g/mol. The van der Waals surface area contributed by atoms with Crippen molar-refractivity contribution in [2.75, 3.05) is 11.9 Å². The quantitative estimate of drug-likeness (QED) is 0.799. The van der Waals surface area contributed by atoms with Gasteiger partial charge in [0.1, 0.15) is 6.61 Å². The number of amides is 1. The summed E-state index contributed by atoms with van der Waals surface area (Å²) in [6, 6.07) is 7.37. The molecule has 3 nitrogen and oxygen atoms in total. The number of carbonyl (C=O) groups is 1. The van der Waals surface area contributed by atoms with Gasteiger partial charge in [0.05, 0.1) is 0 Å². The minimum atomic E-state index is -0.481. The first kappa shape index (κ1) is 9.47. The summed E-state index contributed by atoms with van der Waals surface area (Å²) < 4.78 is 1.04. The molecule has 0 bridgehead atoms. The van der Waals surface area contributed by atoms with Crippen LogP contribution in [0.25, 0.3) is 0 Å². The summed E-state index contributed by atoms with van der Waals surface area (Å²) in [5.74, 6) is -0.392. The van der Waals surface area contributed by atoms with Gasteiger partial charge in [0.15, 0.2) is 0 Å². The van der Waals surface area contributed by atoms with Gasteiger partial charge in [0.25, 0.3) is 0 Å². The smallest absolute Gasteiger partial charge is 0.250 e. The SMILES string of the molecule is O=C(CO)Nc1cccc(I)c1. The van der Waals surface area contributed by atoms with Crippen LogP contribution in [0.15, 0.2) is 24.3 Å². The van der Waals surface area contributed by atoms with Gasteiger partial charge in [0.2, 0.25) is 5.91 Å². The molecule has 0 saturated heterocycles. The summed E-state index contributed by atoms with van der Waals surface area (Å²) in [5, 5.41) is 11.0. The van der Waals surface area contributed by atoms with Gasteiger partial charge in [-0.3, -0.25) is 4.79 Å². The Balaban J connectivity index is 2.69.